The van der Waals surface area contributed by atoms with Gasteiger partial charge in [-0.15, -0.1) is 0 Å². The number of aliphatic imine (C=N–C) groups is 1. The van der Waals surface area contributed by atoms with E-state index in [1.165, 1.54) is 11.8 Å². The van der Waals surface area contributed by atoms with Gasteiger partial charge < -0.3 is 31.6 Å². The first-order valence-electron chi connectivity index (χ1n) is 13.3. The third-order valence-electron chi connectivity index (χ3n) is 6.14. The number of aliphatic carboxylic acids is 1. The van der Waals surface area contributed by atoms with Gasteiger partial charge in [0.15, 0.2) is 11.7 Å². The zero-order chi connectivity index (χ0) is 29.1. The van der Waals surface area contributed by atoms with Crippen LogP contribution < -0.4 is 22.1 Å². The Hall–Kier alpha value is -3.89. The van der Waals surface area contributed by atoms with Gasteiger partial charge in [0, 0.05) is 6.54 Å². The molecule has 0 saturated heterocycles. The Morgan fingerprint density at radius 2 is 1.69 bits per heavy atom. The molecule has 2 rings (SSSR count). The van der Waals surface area contributed by atoms with E-state index in [0.717, 1.165) is 12.0 Å². The zero-order valence-corrected chi connectivity index (χ0v) is 23.4. The monoisotopic (exact) mass is 542 g/mol. The molecule has 0 spiro atoms. The minimum absolute atomic E-state index is 0.0720. The smallest absolute Gasteiger partial charge is 0.326 e. The number of oxazole rings is 1. The second kappa shape index (κ2) is 14.9. The number of hydrogen-bond donors (Lipinski definition) is 5. The summed E-state index contributed by atoms with van der Waals surface area (Å²) in [6.07, 6.45) is 3.17. The Labute approximate surface area is 229 Å². The van der Waals surface area contributed by atoms with Crippen molar-refractivity contribution >= 4 is 23.7 Å². The predicted molar refractivity (Wildman–Crippen MR) is 149 cm³/mol. The highest BCUT2D eigenvalue weighted by Crippen LogP contribution is 2.24. The highest BCUT2D eigenvalue weighted by molar-refractivity contribution is 5.94. The minimum atomic E-state index is -1.19. The van der Waals surface area contributed by atoms with Crippen LogP contribution >= 0.6 is 0 Å². The van der Waals surface area contributed by atoms with Crippen molar-refractivity contribution in [2.24, 2.45) is 28.3 Å². The number of guanidine groups is 1. The molecule has 0 bridgehead atoms. The number of carbonyl (C=O) groups is 3. The van der Waals surface area contributed by atoms with Crippen LogP contribution in [-0.4, -0.2) is 46.4 Å². The van der Waals surface area contributed by atoms with Crippen molar-refractivity contribution in [3.05, 3.63) is 53.2 Å². The van der Waals surface area contributed by atoms with E-state index >= 15 is 0 Å². The molecule has 1 aromatic heterocycles. The Morgan fingerprint density at radius 3 is 2.26 bits per heavy atom. The maximum Gasteiger partial charge on any atom is 0.326 e. The summed E-state index contributed by atoms with van der Waals surface area (Å²) in [6, 6.07) is 6.35. The normalized spacial score (nSPS) is 13.5. The topological polar surface area (TPSA) is 186 Å². The lowest BCUT2D eigenvalue weighted by Gasteiger charge is -2.20. The average molecular weight is 543 g/mol. The zero-order valence-electron chi connectivity index (χ0n) is 23.4. The second-order valence-electron chi connectivity index (χ2n) is 10.6. The molecular formula is C28H42N6O5. The van der Waals surface area contributed by atoms with Crippen molar-refractivity contribution in [1.29, 1.82) is 0 Å². The van der Waals surface area contributed by atoms with Crippen LogP contribution in [0.2, 0.25) is 0 Å². The van der Waals surface area contributed by atoms with Crippen LogP contribution in [0, 0.1) is 11.8 Å². The van der Waals surface area contributed by atoms with Crippen LogP contribution in [0.4, 0.5) is 0 Å². The summed E-state index contributed by atoms with van der Waals surface area (Å²) >= 11 is 0. The molecule has 3 atom stereocenters. The molecule has 11 heteroatoms. The summed E-state index contributed by atoms with van der Waals surface area (Å²) in [5.74, 6) is -1.62. The third-order valence-corrected chi connectivity index (χ3v) is 6.14. The number of benzene rings is 1. The second-order valence-corrected chi connectivity index (χ2v) is 10.6. The molecule has 0 radical (unpaired) electrons. The van der Waals surface area contributed by atoms with Gasteiger partial charge in [-0.1, -0.05) is 52.0 Å². The van der Waals surface area contributed by atoms with E-state index in [9.17, 15) is 19.5 Å². The first kappa shape index (κ1) is 31.3. The molecule has 1 aromatic carbocycles. The van der Waals surface area contributed by atoms with Crippen LogP contribution in [0.1, 0.15) is 93.3 Å². The molecule has 0 fully saturated rings. The molecule has 11 nitrogen and oxygen atoms in total. The first-order chi connectivity index (χ1) is 18.4. The highest BCUT2D eigenvalue weighted by Gasteiger charge is 2.27. The Morgan fingerprint density at radius 1 is 1.03 bits per heavy atom. The van der Waals surface area contributed by atoms with Crippen LogP contribution in [-0.2, 0) is 16.0 Å². The molecule has 1 heterocycles. The van der Waals surface area contributed by atoms with E-state index in [4.69, 9.17) is 15.9 Å². The number of carboxylic acids is 1. The number of carboxylic acid groups (broad SMARTS) is 1. The molecule has 2 aromatic rings. The van der Waals surface area contributed by atoms with E-state index in [0.29, 0.717) is 18.8 Å². The third kappa shape index (κ3) is 10.4. The van der Waals surface area contributed by atoms with E-state index < -0.39 is 29.9 Å². The van der Waals surface area contributed by atoms with Gasteiger partial charge in [-0.2, -0.15) is 0 Å². The molecule has 2 amide bonds. The highest BCUT2D eigenvalue weighted by atomic mass is 16.4. The number of amides is 2. The van der Waals surface area contributed by atoms with E-state index in [-0.39, 0.29) is 42.3 Å². The summed E-state index contributed by atoms with van der Waals surface area (Å²) in [4.78, 5) is 45.6. The van der Waals surface area contributed by atoms with Crippen molar-refractivity contribution in [2.75, 3.05) is 6.54 Å². The fourth-order valence-electron chi connectivity index (χ4n) is 4.10. The van der Waals surface area contributed by atoms with Crippen molar-refractivity contribution in [3.8, 4) is 0 Å². The number of carbonyl (C=O) groups excluding carboxylic acids is 2. The summed E-state index contributed by atoms with van der Waals surface area (Å²) in [5.41, 5.74) is 12.6. The van der Waals surface area contributed by atoms with E-state index in [2.05, 4.69) is 46.6 Å². The SMILES string of the molecule is CC(C)Cc1ccc([C@H](C)C(=O)N[C@@H](CC(C)C)c2nc(C(=O)N[C@@H](CCCN=C(N)N)C(=O)O)co2)cc1. The number of rotatable bonds is 15. The lowest BCUT2D eigenvalue weighted by molar-refractivity contribution is -0.139. The van der Waals surface area contributed by atoms with Gasteiger partial charge in [-0.3, -0.25) is 14.6 Å². The van der Waals surface area contributed by atoms with Gasteiger partial charge >= 0.3 is 5.97 Å². The Kier molecular flexibility index (Phi) is 12.0. The molecule has 7 N–H and O–H groups in total. The molecule has 0 aliphatic carbocycles. The summed E-state index contributed by atoms with van der Waals surface area (Å²) in [7, 11) is 0. The Bertz CT molecular complexity index is 1120. The van der Waals surface area contributed by atoms with Crippen molar-refractivity contribution in [1.82, 2.24) is 15.6 Å². The Balaban J connectivity index is 2.09. The number of hydrogen-bond acceptors (Lipinski definition) is 6. The van der Waals surface area contributed by atoms with E-state index in [1.807, 2.05) is 32.9 Å². The maximum atomic E-state index is 13.1. The van der Waals surface area contributed by atoms with Gasteiger partial charge in [-0.05, 0) is 55.6 Å². The lowest BCUT2D eigenvalue weighted by atomic mass is 9.95. The molecule has 0 unspecified atom stereocenters. The van der Waals surface area contributed by atoms with Gasteiger partial charge in [0.2, 0.25) is 11.8 Å². The van der Waals surface area contributed by atoms with Crippen LogP contribution in [0.3, 0.4) is 0 Å². The standard InChI is InChI=1S/C28H42N6O5/c1-16(2)13-19-8-10-20(11-9-19)18(5)24(35)33-22(14-17(3)4)26-34-23(15-39-26)25(36)32-21(27(37)38)7-6-12-31-28(29)30/h8-11,15-18,21-22H,6-7,12-14H2,1-5H3,(H,32,36)(H,33,35)(H,37,38)(H4,29,30,31)/t18-,21-,22-/m0/s1. The minimum Gasteiger partial charge on any atom is -0.480 e. The van der Waals surface area contributed by atoms with Crippen molar-refractivity contribution in [2.45, 2.75) is 78.3 Å². The fourth-order valence-corrected chi connectivity index (χ4v) is 4.10. The maximum absolute atomic E-state index is 13.1. The van der Waals surface area contributed by atoms with Gasteiger partial charge in [-0.25, -0.2) is 9.78 Å². The van der Waals surface area contributed by atoms with Gasteiger partial charge in [0.1, 0.15) is 18.3 Å². The largest absolute Gasteiger partial charge is 0.480 e. The number of nitrogens with one attached hydrogen (secondary N) is 2. The molecule has 0 saturated carbocycles. The van der Waals surface area contributed by atoms with Gasteiger partial charge in [0.25, 0.3) is 5.91 Å². The van der Waals surface area contributed by atoms with Crippen molar-refractivity contribution < 1.29 is 23.9 Å². The van der Waals surface area contributed by atoms with Crippen LogP contribution in [0.25, 0.3) is 0 Å². The fraction of sp³-hybridized carbons (Fsp3) is 0.536. The number of nitrogens with zero attached hydrogens (tertiary/aromatic N) is 2. The summed E-state index contributed by atoms with van der Waals surface area (Å²) in [6.45, 7) is 10.4. The summed E-state index contributed by atoms with van der Waals surface area (Å²) < 4.78 is 5.58. The van der Waals surface area contributed by atoms with Crippen molar-refractivity contribution in [3.63, 3.8) is 0 Å². The molecule has 39 heavy (non-hydrogen) atoms. The van der Waals surface area contributed by atoms with E-state index in [1.54, 1.807) is 0 Å². The average Bonchev–Trinajstić information content (AvgIpc) is 3.35. The number of aromatic nitrogens is 1. The molecule has 0 aliphatic heterocycles. The number of nitrogens with two attached hydrogens (primary N) is 2. The molecule has 0 aliphatic rings. The van der Waals surface area contributed by atoms with Crippen LogP contribution in [0.5, 0.6) is 0 Å². The first-order valence-corrected chi connectivity index (χ1v) is 13.3. The quantitative estimate of drug-likeness (QED) is 0.129. The van der Waals surface area contributed by atoms with Gasteiger partial charge in [0.05, 0.1) is 5.92 Å². The molecular weight excluding hydrogens is 500 g/mol. The lowest BCUT2D eigenvalue weighted by Crippen LogP contribution is -2.41. The summed E-state index contributed by atoms with van der Waals surface area (Å²) in [5, 5.41) is 14.9. The van der Waals surface area contributed by atoms with Crippen LogP contribution in [0.15, 0.2) is 39.9 Å². The predicted octanol–water partition coefficient (Wildman–Crippen LogP) is 3.12. The molecule has 214 valence electrons.